The third kappa shape index (κ3) is 3.01. The van der Waals surface area contributed by atoms with E-state index in [0.717, 1.165) is 64.4 Å². The molecule has 1 saturated carbocycles. The molecule has 3 aliphatic rings. The van der Waals surface area contributed by atoms with Crippen LogP contribution in [0.1, 0.15) is 39.0 Å². The normalized spacial score (nSPS) is 31.8. The maximum atomic E-state index is 12.9. The summed E-state index contributed by atoms with van der Waals surface area (Å²) in [4.78, 5) is 17.6. The van der Waals surface area contributed by atoms with Gasteiger partial charge in [0, 0.05) is 39.3 Å². The van der Waals surface area contributed by atoms with Crippen molar-refractivity contribution in [3.8, 4) is 0 Å². The molecule has 0 bridgehead atoms. The van der Waals surface area contributed by atoms with Crippen molar-refractivity contribution in [3.05, 3.63) is 0 Å². The first kappa shape index (κ1) is 14.3. The minimum atomic E-state index is -0.0899. The molecule has 3 fully saturated rings. The average molecular weight is 279 g/mol. The smallest absolute Gasteiger partial charge is 0.230 e. The number of nitrogens with zero attached hydrogens (tertiary/aromatic N) is 2. The van der Waals surface area contributed by atoms with Gasteiger partial charge in [0.2, 0.25) is 5.91 Å². The van der Waals surface area contributed by atoms with E-state index in [-0.39, 0.29) is 5.41 Å². The highest BCUT2D eigenvalue weighted by Gasteiger charge is 2.43. The molecular formula is C16H29N3O. The molecular weight excluding hydrogens is 250 g/mol. The van der Waals surface area contributed by atoms with Crippen LogP contribution >= 0.6 is 0 Å². The molecule has 4 heteroatoms. The van der Waals surface area contributed by atoms with E-state index in [0.29, 0.717) is 5.91 Å². The van der Waals surface area contributed by atoms with Crippen molar-refractivity contribution in [1.29, 1.82) is 0 Å². The van der Waals surface area contributed by atoms with E-state index in [1.54, 1.807) is 0 Å². The first-order valence-electron chi connectivity index (χ1n) is 8.46. The van der Waals surface area contributed by atoms with Gasteiger partial charge in [0.25, 0.3) is 0 Å². The summed E-state index contributed by atoms with van der Waals surface area (Å²) in [6, 6.07) is 0. The fourth-order valence-electron chi connectivity index (χ4n) is 3.86. The zero-order valence-corrected chi connectivity index (χ0v) is 12.9. The summed E-state index contributed by atoms with van der Waals surface area (Å²) in [5.74, 6) is 1.39. The number of carbonyl (C=O) groups is 1. The maximum absolute atomic E-state index is 12.9. The lowest BCUT2D eigenvalue weighted by atomic mass is 9.81. The molecule has 2 heterocycles. The summed E-state index contributed by atoms with van der Waals surface area (Å²) in [5, 5.41) is 3.40. The van der Waals surface area contributed by atoms with Gasteiger partial charge < -0.3 is 10.2 Å². The van der Waals surface area contributed by atoms with Gasteiger partial charge in [0.15, 0.2) is 0 Å². The van der Waals surface area contributed by atoms with Crippen LogP contribution in [0.25, 0.3) is 0 Å². The Hall–Kier alpha value is -0.610. The van der Waals surface area contributed by atoms with E-state index < -0.39 is 0 Å². The van der Waals surface area contributed by atoms with Crippen LogP contribution in [0.15, 0.2) is 0 Å². The Bertz CT molecular complexity index is 340. The molecule has 0 radical (unpaired) electrons. The molecule has 0 aromatic carbocycles. The van der Waals surface area contributed by atoms with Crippen LogP contribution in [-0.4, -0.2) is 61.5 Å². The largest absolute Gasteiger partial charge is 0.340 e. The molecule has 1 atom stereocenters. The van der Waals surface area contributed by atoms with Crippen molar-refractivity contribution in [2.45, 2.75) is 39.0 Å². The molecule has 0 spiro atoms. The van der Waals surface area contributed by atoms with Gasteiger partial charge in [-0.1, -0.05) is 13.3 Å². The zero-order valence-electron chi connectivity index (χ0n) is 12.9. The SMILES string of the molecule is CCCC1(C(=O)N2CCN(CC3CC3)CC2)CCNC1. The fourth-order valence-corrected chi connectivity index (χ4v) is 3.86. The van der Waals surface area contributed by atoms with Gasteiger partial charge in [-0.05, 0) is 38.1 Å². The van der Waals surface area contributed by atoms with E-state index in [2.05, 4.69) is 22.0 Å². The predicted octanol–water partition coefficient (Wildman–Crippen LogP) is 1.32. The zero-order chi connectivity index (χ0) is 14.0. The van der Waals surface area contributed by atoms with Gasteiger partial charge in [0.05, 0.1) is 5.41 Å². The Morgan fingerprint density at radius 2 is 2.00 bits per heavy atom. The van der Waals surface area contributed by atoms with E-state index >= 15 is 0 Å². The molecule has 0 aromatic rings. The minimum absolute atomic E-state index is 0.0899. The van der Waals surface area contributed by atoms with E-state index in [4.69, 9.17) is 0 Å². The second-order valence-electron chi connectivity index (χ2n) is 6.99. The van der Waals surface area contributed by atoms with Crippen molar-refractivity contribution in [2.75, 3.05) is 45.8 Å². The quantitative estimate of drug-likeness (QED) is 0.824. The van der Waals surface area contributed by atoms with E-state index in [1.165, 1.54) is 19.4 Å². The fraction of sp³-hybridized carbons (Fsp3) is 0.938. The standard InChI is InChI=1S/C16H29N3O/c1-2-5-16(6-7-17-13-16)15(20)19-10-8-18(9-11-19)12-14-3-4-14/h14,17H,2-13H2,1H3. The van der Waals surface area contributed by atoms with Crippen molar-refractivity contribution in [2.24, 2.45) is 11.3 Å². The number of amides is 1. The van der Waals surface area contributed by atoms with Crippen molar-refractivity contribution in [3.63, 3.8) is 0 Å². The second kappa shape index (κ2) is 6.02. The van der Waals surface area contributed by atoms with Gasteiger partial charge in [-0.2, -0.15) is 0 Å². The van der Waals surface area contributed by atoms with E-state index in [1.807, 2.05) is 0 Å². The molecule has 1 aliphatic carbocycles. The van der Waals surface area contributed by atoms with Crippen LogP contribution < -0.4 is 5.32 Å². The van der Waals surface area contributed by atoms with Crippen LogP contribution in [0.3, 0.4) is 0 Å². The van der Waals surface area contributed by atoms with Gasteiger partial charge in [0.1, 0.15) is 0 Å². The molecule has 2 aliphatic heterocycles. The summed E-state index contributed by atoms with van der Waals surface area (Å²) in [6.45, 7) is 9.41. The highest BCUT2D eigenvalue weighted by molar-refractivity contribution is 5.83. The number of piperazine rings is 1. The monoisotopic (exact) mass is 279 g/mol. The Balaban J connectivity index is 1.54. The Labute approximate surface area is 122 Å². The molecule has 1 unspecified atom stereocenters. The number of hydrogen-bond donors (Lipinski definition) is 1. The predicted molar refractivity (Wildman–Crippen MR) is 80.6 cm³/mol. The lowest BCUT2D eigenvalue weighted by Crippen LogP contribution is -2.54. The van der Waals surface area contributed by atoms with Crippen LogP contribution in [0, 0.1) is 11.3 Å². The van der Waals surface area contributed by atoms with Crippen molar-refractivity contribution >= 4 is 5.91 Å². The summed E-state index contributed by atoms with van der Waals surface area (Å²) in [6.07, 6.45) is 6.02. The van der Waals surface area contributed by atoms with Crippen LogP contribution in [0.5, 0.6) is 0 Å². The van der Waals surface area contributed by atoms with Gasteiger partial charge in [-0.3, -0.25) is 9.69 Å². The van der Waals surface area contributed by atoms with Crippen molar-refractivity contribution in [1.82, 2.24) is 15.1 Å². The lowest BCUT2D eigenvalue weighted by molar-refractivity contribution is -0.143. The first-order chi connectivity index (χ1) is 9.73. The summed E-state index contributed by atoms with van der Waals surface area (Å²) >= 11 is 0. The van der Waals surface area contributed by atoms with Crippen LogP contribution in [-0.2, 0) is 4.79 Å². The summed E-state index contributed by atoms with van der Waals surface area (Å²) < 4.78 is 0. The molecule has 1 amide bonds. The molecule has 1 N–H and O–H groups in total. The lowest BCUT2D eigenvalue weighted by Gasteiger charge is -2.39. The maximum Gasteiger partial charge on any atom is 0.230 e. The third-order valence-corrected chi connectivity index (χ3v) is 5.30. The van der Waals surface area contributed by atoms with Gasteiger partial charge in [-0.25, -0.2) is 0 Å². The highest BCUT2D eigenvalue weighted by Crippen LogP contribution is 2.34. The molecule has 20 heavy (non-hydrogen) atoms. The molecule has 3 rings (SSSR count). The topological polar surface area (TPSA) is 35.6 Å². The van der Waals surface area contributed by atoms with Gasteiger partial charge >= 0.3 is 0 Å². The summed E-state index contributed by atoms with van der Waals surface area (Å²) in [5.41, 5.74) is -0.0899. The van der Waals surface area contributed by atoms with Crippen LogP contribution in [0.2, 0.25) is 0 Å². The number of hydrogen-bond acceptors (Lipinski definition) is 3. The second-order valence-corrected chi connectivity index (χ2v) is 6.99. The number of rotatable bonds is 5. The number of nitrogens with one attached hydrogen (secondary N) is 1. The Kier molecular flexibility index (Phi) is 4.32. The average Bonchev–Trinajstić information content (AvgIpc) is 3.15. The molecule has 114 valence electrons. The molecule has 2 saturated heterocycles. The van der Waals surface area contributed by atoms with E-state index in [9.17, 15) is 4.79 Å². The van der Waals surface area contributed by atoms with Crippen molar-refractivity contribution < 1.29 is 4.79 Å². The van der Waals surface area contributed by atoms with Crippen LogP contribution in [0.4, 0.5) is 0 Å². The Morgan fingerprint density at radius 1 is 1.25 bits per heavy atom. The first-order valence-corrected chi connectivity index (χ1v) is 8.46. The van der Waals surface area contributed by atoms with Gasteiger partial charge in [-0.15, -0.1) is 0 Å². The minimum Gasteiger partial charge on any atom is -0.340 e. The highest BCUT2D eigenvalue weighted by atomic mass is 16.2. The number of carbonyl (C=O) groups excluding carboxylic acids is 1. The Morgan fingerprint density at radius 3 is 2.55 bits per heavy atom. The third-order valence-electron chi connectivity index (χ3n) is 5.30. The molecule has 4 nitrogen and oxygen atoms in total. The summed E-state index contributed by atoms with van der Waals surface area (Å²) in [7, 11) is 0. The molecule has 0 aromatic heterocycles.